The maximum Gasteiger partial charge on any atom is 0.339 e. The van der Waals surface area contributed by atoms with Crippen LogP contribution in [-0.2, 0) is 0 Å². The first-order valence-corrected chi connectivity index (χ1v) is 7.01. The van der Waals surface area contributed by atoms with Crippen molar-refractivity contribution in [2.45, 2.75) is 20.8 Å². The van der Waals surface area contributed by atoms with Crippen LogP contribution in [0.15, 0.2) is 47.6 Å². The minimum Gasteiger partial charge on any atom is -0.399 e. The lowest BCUT2D eigenvalue weighted by Crippen LogP contribution is -2.26. The van der Waals surface area contributed by atoms with E-state index < -0.39 is 0 Å². The van der Waals surface area contributed by atoms with E-state index in [1.807, 2.05) is 51.1 Å². The highest BCUT2D eigenvalue weighted by molar-refractivity contribution is 6.00. The Labute approximate surface area is 130 Å². The summed E-state index contributed by atoms with van der Waals surface area (Å²) in [7, 11) is 0. The highest BCUT2D eigenvalue weighted by Gasteiger charge is 2.06. The summed E-state index contributed by atoms with van der Waals surface area (Å²) in [6.45, 7) is 5.72. The number of benzene rings is 2. The number of hydrazone groups is 1. The zero-order chi connectivity index (χ0) is 16.1. The van der Waals surface area contributed by atoms with Crippen molar-refractivity contribution >= 4 is 23.1 Å². The number of hydrogen-bond donors (Lipinski definition) is 3. The molecule has 0 aliphatic carbocycles. The third-order valence-electron chi connectivity index (χ3n) is 3.37. The third-order valence-corrected chi connectivity index (χ3v) is 3.37. The van der Waals surface area contributed by atoms with Gasteiger partial charge in [-0.3, -0.25) is 0 Å². The van der Waals surface area contributed by atoms with Crippen molar-refractivity contribution in [3.63, 3.8) is 0 Å². The molecule has 0 fully saturated rings. The number of carbonyl (C=O) groups is 1. The lowest BCUT2D eigenvalue weighted by atomic mass is 10.1. The number of anilines is 2. The first-order chi connectivity index (χ1) is 10.5. The zero-order valence-corrected chi connectivity index (χ0v) is 13.0. The van der Waals surface area contributed by atoms with Crippen LogP contribution in [0.5, 0.6) is 0 Å². The maximum absolute atomic E-state index is 12.0. The highest BCUT2D eigenvalue weighted by Crippen LogP contribution is 2.19. The lowest BCUT2D eigenvalue weighted by Gasteiger charge is -2.11. The van der Waals surface area contributed by atoms with Gasteiger partial charge in [-0.2, -0.15) is 5.10 Å². The molecule has 0 heterocycles. The summed E-state index contributed by atoms with van der Waals surface area (Å²) in [6.07, 6.45) is 0. The van der Waals surface area contributed by atoms with Gasteiger partial charge in [0.15, 0.2) is 0 Å². The van der Waals surface area contributed by atoms with Gasteiger partial charge in [-0.05, 0) is 49.6 Å². The molecule has 0 spiro atoms. The molecule has 0 aromatic heterocycles. The molecular formula is C17H20N4O. The van der Waals surface area contributed by atoms with Gasteiger partial charge in [0.1, 0.15) is 0 Å². The molecule has 0 aliphatic rings. The van der Waals surface area contributed by atoms with Gasteiger partial charge in [0.05, 0.1) is 5.71 Å². The summed E-state index contributed by atoms with van der Waals surface area (Å²) in [5, 5.41) is 6.91. The number of nitrogens with two attached hydrogens (primary N) is 1. The third kappa shape index (κ3) is 3.85. The molecule has 2 aromatic rings. The molecule has 0 aliphatic heterocycles. The Morgan fingerprint density at radius 2 is 1.64 bits per heavy atom. The molecule has 114 valence electrons. The monoisotopic (exact) mass is 296 g/mol. The Hall–Kier alpha value is -2.82. The fraction of sp³-hybridized carbons (Fsp3) is 0.176. The van der Waals surface area contributed by atoms with Crippen LogP contribution in [-0.4, -0.2) is 11.7 Å². The number of hydrogen-bond acceptors (Lipinski definition) is 3. The van der Waals surface area contributed by atoms with Gasteiger partial charge in [0.25, 0.3) is 0 Å². The SMILES string of the molecule is C/C(=N\NC(=O)Nc1c(C)cccc1C)c1ccc(N)cc1. The van der Waals surface area contributed by atoms with E-state index in [9.17, 15) is 4.79 Å². The average molecular weight is 296 g/mol. The zero-order valence-electron chi connectivity index (χ0n) is 13.0. The first kappa shape index (κ1) is 15.6. The molecule has 2 amide bonds. The van der Waals surface area contributed by atoms with Crippen molar-refractivity contribution < 1.29 is 4.79 Å². The van der Waals surface area contributed by atoms with Crippen LogP contribution in [0, 0.1) is 13.8 Å². The molecule has 2 rings (SSSR count). The van der Waals surface area contributed by atoms with Crippen molar-refractivity contribution in [1.29, 1.82) is 0 Å². The lowest BCUT2D eigenvalue weighted by molar-refractivity contribution is 0.252. The van der Waals surface area contributed by atoms with Gasteiger partial charge in [0.2, 0.25) is 0 Å². The number of aryl methyl sites for hydroxylation is 2. The predicted molar refractivity (Wildman–Crippen MR) is 91.1 cm³/mol. The fourth-order valence-electron chi connectivity index (χ4n) is 2.08. The fourth-order valence-corrected chi connectivity index (χ4v) is 2.08. The first-order valence-electron chi connectivity index (χ1n) is 7.01. The van der Waals surface area contributed by atoms with Crippen molar-refractivity contribution in [3.8, 4) is 0 Å². The van der Waals surface area contributed by atoms with Crippen molar-refractivity contribution in [1.82, 2.24) is 5.43 Å². The van der Waals surface area contributed by atoms with Gasteiger partial charge in [0, 0.05) is 11.4 Å². The summed E-state index contributed by atoms with van der Waals surface area (Å²) >= 11 is 0. The van der Waals surface area contributed by atoms with Crippen molar-refractivity contribution in [2.75, 3.05) is 11.1 Å². The quantitative estimate of drug-likeness (QED) is 0.461. The van der Waals surface area contributed by atoms with Crippen LogP contribution in [0.25, 0.3) is 0 Å². The van der Waals surface area contributed by atoms with E-state index >= 15 is 0 Å². The number of nitrogens with zero attached hydrogens (tertiary/aromatic N) is 1. The molecule has 5 nitrogen and oxygen atoms in total. The molecule has 4 N–H and O–H groups in total. The smallest absolute Gasteiger partial charge is 0.339 e. The van der Waals surface area contributed by atoms with Crippen LogP contribution in [0.2, 0.25) is 0 Å². The molecule has 0 atom stereocenters. The molecule has 0 saturated heterocycles. The van der Waals surface area contributed by atoms with Gasteiger partial charge in [-0.1, -0.05) is 30.3 Å². The normalized spacial score (nSPS) is 11.1. The van der Waals surface area contributed by atoms with E-state index in [1.54, 1.807) is 12.1 Å². The molecular weight excluding hydrogens is 276 g/mol. The number of para-hydroxylation sites is 1. The number of rotatable bonds is 3. The van der Waals surface area contributed by atoms with Gasteiger partial charge in [-0.15, -0.1) is 0 Å². The van der Waals surface area contributed by atoms with Crippen LogP contribution in [0.4, 0.5) is 16.2 Å². The predicted octanol–water partition coefficient (Wildman–Crippen LogP) is 3.43. The molecule has 0 unspecified atom stereocenters. The van der Waals surface area contributed by atoms with E-state index in [0.717, 1.165) is 22.4 Å². The van der Waals surface area contributed by atoms with Crippen LogP contribution >= 0.6 is 0 Å². The van der Waals surface area contributed by atoms with E-state index in [1.165, 1.54) is 0 Å². The minimum absolute atomic E-state index is 0.368. The molecule has 2 aromatic carbocycles. The van der Waals surface area contributed by atoms with E-state index in [2.05, 4.69) is 15.8 Å². The topological polar surface area (TPSA) is 79.5 Å². The van der Waals surface area contributed by atoms with Gasteiger partial charge < -0.3 is 11.1 Å². The van der Waals surface area contributed by atoms with Crippen molar-refractivity contribution in [2.24, 2.45) is 5.10 Å². The largest absolute Gasteiger partial charge is 0.399 e. The Kier molecular flexibility index (Phi) is 4.78. The summed E-state index contributed by atoms with van der Waals surface area (Å²) in [6, 6.07) is 12.8. The number of nitrogens with one attached hydrogen (secondary N) is 2. The number of amides is 2. The number of carbonyl (C=O) groups excluding carboxylic acids is 1. The Balaban J connectivity index is 2.03. The van der Waals surface area contributed by atoms with E-state index in [0.29, 0.717) is 11.4 Å². The minimum atomic E-state index is -0.368. The van der Waals surface area contributed by atoms with Gasteiger partial charge >= 0.3 is 6.03 Å². The van der Waals surface area contributed by atoms with Crippen LogP contribution < -0.4 is 16.5 Å². The summed E-state index contributed by atoms with van der Waals surface area (Å²) in [5.74, 6) is 0. The molecule has 5 heteroatoms. The maximum atomic E-state index is 12.0. The Morgan fingerprint density at radius 3 is 2.23 bits per heavy atom. The Bertz CT molecular complexity index is 685. The van der Waals surface area contributed by atoms with Crippen LogP contribution in [0.1, 0.15) is 23.6 Å². The highest BCUT2D eigenvalue weighted by atomic mass is 16.2. The summed E-state index contributed by atoms with van der Waals surface area (Å²) in [4.78, 5) is 12.0. The van der Waals surface area contributed by atoms with E-state index in [4.69, 9.17) is 5.73 Å². The number of nitrogen functional groups attached to an aromatic ring is 1. The average Bonchev–Trinajstić information content (AvgIpc) is 2.49. The Morgan fingerprint density at radius 1 is 1.05 bits per heavy atom. The number of urea groups is 1. The molecule has 0 bridgehead atoms. The van der Waals surface area contributed by atoms with E-state index in [-0.39, 0.29) is 6.03 Å². The molecule has 0 saturated carbocycles. The second-order valence-corrected chi connectivity index (χ2v) is 5.15. The second kappa shape index (κ2) is 6.76. The standard InChI is InChI=1S/C17H20N4O/c1-11-5-4-6-12(2)16(11)19-17(22)21-20-13(3)14-7-9-15(18)10-8-14/h4-10H,18H2,1-3H3,(H2,19,21,22)/b20-13+. The summed E-state index contributed by atoms with van der Waals surface area (Å²) < 4.78 is 0. The molecule has 0 radical (unpaired) electrons. The second-order valence-electron chi connectivity index (χ2n) is 5.15. The van der Waals surface area contributed by atoms with Crippen LogP contribution in [0.3, 0.4) is 0 Å². The van der Waals surface area contributed by atoms with Crippen molar-refractivity contribution in [3.05, 3.63) is 59.2 Å². The summed E-state index contributed by atoms with van der Waals surface area (Å²) in [5.41, 5.74) is 13.3. The molecule has 22 heavy (non-hydrogen) atoms. The van der Waals surface area contributed by atoms with Gasteiger partial charge in [-0.25, -0.2) is 10.2 Å².